The van der Waals surface area contributed by atoms with Crippen LogP contribution in [0.4, 0.5) is 0 Å². The zero-order chi connectivity index (χ0) is 18.5. The van der Waals surface area contributed by atoms with Gasteiger partial charge in [0.2, 0.25) is 0 Å². The lowest BCUT2D eigenvalue weighted by Gasteiger charge is -2.06. The Kier molecular flexibility index (Phi) is 5.04. The number of benzene rings is 2. The van der Waals surface area contributed by atoms with Crippen LogP contribution in [0, 0.1) is 11.3 Å². The maximum absolute atomic E-state index is 9.03. The molecule has 5 nitrogen and oxygen atoms in total. The van der Waals surface area contributed by atoms with E-state index in [-0.39, 0.29) is 0 Å². The van der Waals surface area contributed by atoms with Crippen LogP contribution in [0.1, 0.15) is 12.7 Å². The maximum Gasteiger partial charge on any atom is 0.132 e. The van der Waals surface area contributed by atoms with Gasteiger partial charge in [-0.15, -0.1) is 0 Å². The molecule has 0 spiro atoms. The Morgan fingerprint density at radius 2 is 1.50 bits per heavy atom. The van der Waals surface area contributed by atoms with Crippen molar-refractivity contribution in [2.24, 2.45) is 0 Å². The molecule has 1 N–H and O–H groups in total. The normalized spacial score (nSPS) is 11.1. The molecule has 0 fully saturated rings. The number of hydrogen-bond donors (Lipinski definition) is 1. The lowest BCUT2D eigenvalue weighted by molar-refractivity contribution is 0.414. The largest absolute Gasteiger partial charge is 0.497 e. The number of ether oxygens (including phenoxy) is 2. The molecule has 3 aromatic rings. The molecule has 0 bridgehead atoms. The first-order valence-electron chi connectivity index (χ1n) is 8.12. The van der Waals surface area contributed by atoms with Crippen LogP contribution < -0.4 is 9.47 Å². The molecule has 0 saturated heterocycles. The summed E-state index contributed by atoms with van der Waals surface area (Å²) in [5, 5.41) is 9.03. The van der Waals surface area contributed by atoms with Crippen molar-refractivity contribution >= 4 is 6.08 Å². The monoisotopic (exact) mass is 345 g/mol. The Labute approximate surface area is 152 Å². The van der Waals surface area contributed by atoms with Gasteiger partial charge in [0, 0.05) is 16.7 Å². The van der Waals surface area contributed by atoms with Crippen molar-refractivity contribution in [2.75, 3.05) is 14.2 Å². The highest BCUT2D eigenvalue weighted by atomic mass is 16.5. The lowest BCUT2D eigenvalue weighted by atomic mass is 10.0. The zero-order valence-electron chi connectivity index (χ0n) is 14.9. The van der Waals surface area contributed by atoms with Gasteiger partial charge in [0.25, 0.3) is 0 Å². The predicted octanol–water partition coefficient (Wildman–Crippen LogP) is 4.69. The molecular weight excluding hydrogens is 326 g/mol. The number of hydrogen-bond acceptors (Lipinski definition) is 4. The highest BCUT2D eigenvalue weighted by molar-refractivity contribution is 5.80. The quantitative estimate of drug-likeness (QED) is 0.681. The molecule has 130 valence electrons. The van der Waals surface area contributed by atoms with Crippen LogP contribution in [0.5, 0.6) is 11.5 Å². The minimum Gasteiger partial charge on any atom is -0.497 e. The van der Waals surface area contributed by atoms with E-state index < -0.39 is 0 Å². The molecule has 3 rings (SSSR count). The van der Waals surface area contributed by atoms with E-state index in [0.29, 0.717) is 11.4 Å². The van der Waals surface area contributed by atoms with E-state index in [0.717, 1.165) is 34.0 Å². The van der Waals surface area contributed by atoms with Crippen molar-refractivity contribution in [3.63, 3.8) is 0 Å². The average Bonchev–Trinajstić information content (AvgIpc) is 3.11. The molecule has 2 aromatic carbocycles. The van der Waals surface area contributed by atoms with Crippen molar-refractivity contribution in [1.82, 2.24) is 9.97 Å². The summed E-state index contributed by atoms with van der Waals surface area (Å²) in [7, 11) is 3.28. The second kappa shape index (κ2) is 7.58. The van der Waals surface area contributed by atoms with Gasteiger partial charge in [0.15, 0.2) is 0 Å². The Balaban J connectivity index is 2.12. The SMILES string of the molecule is COc1ccc(-c2nc(/C=C(\C)C#N)[nH]c2-c2ccc(OC)cc2)cc1. The number of rotatable bonds is 5. The van der Waals surface area contributed by atoms with Gasteiger partial charge in [0.1, 0.15) is 17.3 Å². The van der Waals surface area contributed by atoms with E-state index in [1.807, 2.05) is 48.5 Å². The Morgan fingerprint density at radius 1 is 0.962 bits per heavy atom. The van der Waals surface area contributed by atoms with Crippen LogP contribution in [-0.2, 0) is 0 Å². The number of nitrogens with one attached hydrogen (secondary N) is 1. The number of nitriles is 1. The fourth-order valence-corrected chi connectivity index (χ4v) is 2.62. The number of allylic oxidation sites excluding steroid dienone is 1. The van der Waals surface area contributed by atoms with Crippen molar-refractivity contribution in [2.45, 2.75) is 6.92 Å². The molecule has 5 heteroatoms. The number of methoxy groups -OCH3 is 2. The van der Waals surface area contributed by atoms with E-state index in [4.69, 9.17) is 14.7 Å². The minimum absolute atomic E-state index is 0.585. The van der Waals surface area contributed by atoms with Crippen molar-refractivity contribution in [3.8, 4) is 40.1 Å². The summed E-state index contributed by atoms with van der Waals surface area (Å²) in [6, 6.07) is 17.6. The third-order valence-electron chi connectivity index (χ3n) is 3.99. The molecule has 0 aliphatic heterocycles. The number of aromatic amines is 1. The fraction of sp³-hybridized carbons (Fsp3) is 0.143. The van der Waals surface area contributed by atoms with E-state index >= 15 is 0 Å². The first-order valence-corrected chi connectivity index (χ1v) is 8.12. The summed E-state index contributed by atoms with van der Waals surface area (Å²) >= 11 is 0. The van der Waals surface area contributed by atoms with Gasteiger partial charge >= 0.3 is 0 Å². The summed E-state index contributed by atoms with van der Waals surface area (Å²) in [6.45, 7) is 1.75. The third-order valence-corrected chi connectivity index (χ3v) is 3.99. The second-order valence-electron chi connectivity index (χ2n) is 5.74. The van der Waals surface area contributed by atoms with Crippen LogP contribution in [-0.4, -0.2) is 24.2 Å². The van der Waals surface area contributed by atoms with E-state index in [1.54, 1.807) is 27.2 Å². The van der Waals surface area contributed by atoms with Gasteiger partial charge in [-0.05, 0) is 61.5 Å². The standard InChI is InChI=1S/C21H19N3O2/c1-14(13-22)12-19-23-20(15-4-8-17(25-2)9-5-15)21(24-19)16-6-10-18(26-3)11-7-16/h4-12H,1-3H3,(H,23,24)/b14-12+. The molecule has 1 heterocycles. The summed E-state index contributed by atoms with van der Waals surface area (Å²) in [4.78, 5) is 8.00. The lowest BCUT2D eigenvalue weighted by Crippen LogP contribution is -1.87. The van der Waals surface area contributed by atoms with Crippen LogP contribution in [0.15, 0.2) is 54.1 Å². The summed E-state index contributed by atoms with van der Waals surface area (Å²) in [5.41, 5.74) is 4.23. The zero-order valence-corrected chi connectivity index (χ0v) is 14.9. The molecule has 26 heavy (non-hydrogen) atoms. The van der Waals surface area contributed by atoms with Crippen LogP contribution >= 0.6 is 0 Å². The number of aromatic nitrogens is 2. The Hall–Kier alpha value is -3.52. The summed E-state index contributed by atoms with van der Waals surface area (Å²) in [5.74, 6) is 2.22. The molecule has 0 unspecified atom stereocenters. The Morgan fingerprint density at radius 3 is 2.00 bits per heavy atom. The molecular formula is C21H19N3O2. The van der Waals surface area contributed by atoms with Crippen LogP contribution in [0.2, 0.25) is 0 Å². The molecule has 0 atom stereocenters. The minimum atomic E-state index is 0.585. The number of H-pyrrole nitrogens is 1. The highest BCUT2D eigenvalue weighted by Gasteiger charge is 2.14. The van der Waals surface area contributed by atoms with Gasteiger partial charge < -0.3 is 14.5 Å². The van der Waals surface area contributed by atoms with Crippen molar-refractivity contribution in [1.29, 1.82) is 5.26 Å². The van der Waals surface area contributed by atoms with Gasteiger partial charge in [-0.25, -0.2) is 4.98 Å². The van der Waals surface area contributed by atoms with E-state index in [2.05, 4.69) is 16.0 Å². The Bertz CT molecular complexity index is 897. The highest BCUT2D eigenvalue weighted by Crippen LogP contribution is 2.32. The number of imidazole rings is 1. The van der Waals surface area contributed by atoms with Crippen molar-refractivity contribution in [3.05, 3.63) is 59.9 Å². The summed E-state index contributed by atoms with van der Waals surface area (Å²) < 4.78 is 10.5. The van der Waals surface area contributed by atoms with Gasteiger partial charge in [0.05, 0.1) is 31.7 Å². The molecule has 0 radical (unpaired) electrons. The average molecular weight is 345 g/mol. The fourth-order valence-electron chi connectivity index (χ4n) is 2.62. The topological polar surface area (TPSA) is 70.9 Å². The van der Waals surface area contributed by atoms with Crippen LogP contribution in [0.25, 0.3) is 28.6 Å². The molecule has 0 amide bonds. The maximum atomic E-state index is 9.03. The molecule has 1 aromatic heterocycles. The van der Waals surface area contributed by atoms with Crippen LogP contribution in [0.3, 0.4) is 0 Å². The van der Waals surface area contributed by atoms with Gasteiger partial charge in [-0.3, -0.25) is 0 Å². The van der Waals surface area contributed by atoms with E-state index in [1.165, 1.54) is 0 Å². The molecule has 0 aliphatic rings. The first kappa shape index (κ1) is 17.3. The number of nitrogens with zero attached hydrogens (tertiary/aromatic N) is 2. The second-order valence-corrected chi connectivity index (χ2v) is 5.74. The van der Waals surface area contributed by atoms with E-state index in [9.17, 15) is 0 Å². The summed E-state index contributed by atoms with van der Waals surface area (Å²) in [6.07, 6.45) is 1.74. The van der Waals surface area contributed by atoms with Gasteiger partial charge in [-0.1, -0.05) is 0 Å². The first-order chi connectivity index (χ1) is 12.6. The predicted molar refractivity (Wildman–Crippen MR) is 102 cm³/mol. The smallest absolute Gasteiger partial charge is 0.132 e. The van der Waals surface area contributed by atoms with Crippen molar-refractivity contribution < 1.29 is 9.47 Å². The molecule has 0 saturated carbocycles. The van der Waals surface area contributed by atoms with Gasteiger partial charge in [-0.2, -0.15) is 5.26 Å². The third kappa shape index (κ3) is 3.60. The molecule has 0 aliphatic carbocycles.